The van der Waals surface area contributed by atoms with Crippen molar-refractivity contribution in [1.29, 1.82) is 0 Å². The van der Waals surface area contributed by atoms with Crippen LogP contribution in [-0.4, -0.2) is 28.6 Å². The fourth-order valence-electron chi connectivity index (χ4n) is 3.35. The van der Waals surface area contributed by atoms with Crippen LogP contribution in [0, 0.1) is 5.82 Å². The number of aliphatic carboxylic acids is 1. The lowest BCUT2D eigenvalue weighted by atomic mass is 10.0. The zero-order chi connectivity index (χ0) is 19.6. The summed E-state index contributed by atoms with van der Waals surface area (Å²) in [4.78, 5) is 24.1. The predicted octanol–water partition coefficient (Wildman–Crippen LogP) is 2.87. The average Bonchev–Trinajstić information content (AvgIpc) is 3.33. The number of nitrogens with one attached hydrogen (secondary N) is 1. The van der Waals surface area contributed by atoms with Gasteiger partial charge in [0.1, 0.15) is 11.4 Å². The Morgan fingerprint density at radius 2 is 1.93 bits per heavy atom. The van der Waals surface area contributed by atoms with Gasteiger partial charge in [0, 0.05) is 23.4 Å². The Morgan fingerprint density at radius 3 is 2.56 bits per heavy atom. The minimum atomic E-state index is -1.33. The van der Waals surface area contributed by atoms with E-state index >= 15 is 0 Å². The second-order valence-electron chi connectivity index (χ2n) is 6.89. The zero-order valence-corrected chi connectivity index (χ0v) is 15.2. The third kappa shape index (κ3) is 4.28. The van der Waals surface area contributed by atoms with E-state index in [2.05, 4.69) is 5.32 Å². The lowest BCUT2D eigenvalue weighted by Gasteiger charge is -2.17. The molecule has 1 aliphatic rings. The first-order chi connectivity index (χ1) is 12.8. The van der Waals surface area contributed by atoms with Crippen molar-refractivity contribution in [2.45, 2.75) is 36.8 Å². The highest BCUT2D eigenvalue weighted by molar-refractivity contribution is 6.30. The molecule has 0 radical (unpaired) electrons. The predicted molar refractivity (Wildman–Crippen MR) is 100 cm³/mol. The lowest BCUT2D eigenvalue weighted by molar-refractivity contribution is -0.143. The summed E-state index contributed by atoms with van der Waals surface area (Å²) in [5.74, 6) is -2.24. The van der Waals surface area contributed by atoms with Crippen LogP contribution in [0.4, 0.5) is 4.39 Å². The molecule has 142 valence electrons. The molecule has 1 aliphatic carbocycles. The summed E-state index contributed by atoms with van der Waals surface area (Å²) in [6.45, 7) is 0. The van der Waals surface area contributed by atoms with E-state index in [1.165, 1.54) is 6.07 Å². The maximum Gasteiger partial charge on any atom is 0.330 e. The summed E-state index contributed by atoms with van der Waals surface area (Å²) < 4.78 is 13.7. The fraction of sp³-hybridized carbons (Fsp3) is 0.300. The Labute approximate surface area is 161 Å². The van der Waals surface area contributed by atoms with Crippen molar-refractivity contribution >= 4 is 23.5 Å². The number of nitrogens with two attached hydrogens (primary N) is 1. The molecule has 1 unspecified atom stereocenters. The van der Waals surface area contributed by atoms with Crippen molar-refractivity contribution < 1.29 is 19.1 Å². The molecule has 0 spiro atoms. The topological polar surface area (TPSA) is 92.4 Å². The quantitative estimate of drug-likeness (QED) is 0.677. The van der Waals surface area contributed by atoms with Crippen LogP contribution in [0.15, 0.2) is 48.5 Å². The standard InChI is InChI=1S/C20H20ClFN2O3/c21-14-7-5-12(6-8-14)16-11-20(16,19(26)27)24-18(25)10-15(23)9-13-3-1-2-4-17(13)22/h1-8,15-16H,9-11,23H2,(H,24,25)(H,26,27)/t15-,16?,20-/m1/s1. The van der Waals surface area contributed by atoms with Crippen molar-refractivity contribution in [3.05, 3.63) is 70.5 Å². The Morgan fingerprint density at radius 1 is 1.26 bits per heavy atom. The van der Waals surface area contributed by atoms with E-state index in [9.17, 15) is 19.1 Å². The van der Waals surface area contributed by atoms with E-state index in [0.29, 0.717) is 17.0 Å². The molecule has 1 amide bonds. The highest BCUT2D eigenvalue weighted by atomic mass is 35.5. The van der Waals surface area contributed by atoms with E-state index in [4.69, 9.17) is 17.3 Å². The van der Waals surface area contributed by atoms with Crippen LogP contribution >= 0.6 is 11.6 Å². The van der Waals surface area contributed by atoms with E-state index in [0.717, 1.165) is 5.56 Å². The van der Waals surface area contributed by atoms with Gasteiger partial charge < -0.3 is 16.2 Å². The molecule has 4 N–H and O–H groups in total. The number of carboxylic acid groups (broad SMARTS) is 1. The number of carbonyl (C=O) groups excluding carboxylic acids is 1. The normalized spacial score (nSPS) is 22.1. The fourth-order valence-corrected chi connectivity index (χ4v) is 3.47. The molecule has 27 heavy (non-hydrogen) atoms. The van der Waals surface area contributed by atoms with Crippen molar-refractivity contribution in [2.75, 3.05) is 0 Å². The summed E-state index contributed by atoms with van der Waals surface area (Å²) in [6.07, 6.45) is 0.412. The minimum absolute atomic E-state index is 0.0866. The summed E-state index contributed by atoms with van der Waals surface area (Å²) in [5, 5.41) is 12.8. The van der Waals surface area contributed by atoms with Crippen LogP contribution in [-0.2, 0) is 16.0 Å². The molecule has 3 atom stereocenters. The van der Waals surface area contributed by atoms with Crippen molar-refractivity contribution in [3.8, 4) is 0 Å². The van der Waals surface area contributed by atoms with Gasteiger partial charge in [-0.1, -0.05) is 41.9 Å². The maximum atomic E-state index is 13.7. The second-order valence-corrected chi connectivity index (χ2v) is 7.33. The van der Waals surface area contributed by atoms with Gasteiger partial charge in [-0.15, -0.1) is 0 Å². The van der Waals surface area contributed by atoms with Gasteiger partial charge in [0.2, 0.25) is 5.91 Å². The molecule has 7 heteroatoms. The Kier molecular flexibility index (Phi) is 5.48. The monoisotopic (exact) mass is 390 g/mol. The first-order valence-corrected chi connectivity index (χ1v) is 8.98. The van der Waals surface area contributed by atoms with Gasteiger partial charge in [0.05, 0.1) is 0 Å². The van der Waals surface area contributed by atoms with Gasteiger partial charge in [-0.3, -0.25) is 4.79 Å². The van der Waals surface area contributed by atoms with E-state index in [-0.39, 0.29) is 24.6 Å². The minimum Gasteiger partial charge on any atom is -0.479 e. The van der Waals surface area contributed by atoms with Gasteiger partial charge in [-0.05, 0) is 42.2 Å². The molecule has 3 rings (SSSR count). The van der Waals surface area contributed by atoms with Gasteiger partial charge in [-0.2, -0.15) is 0 Å². The van der Waals surface area contributed by atoms with E-state index in [1.807, 2.05) is 0 Å². The first kappa shape index (κ1) is 19.3. The first-order valence-electron chi connectivity index (χ1n) is 8.60. The Bertz CT molecular complexity index is 859. The van der Waals surface area contributed by atoms with Crippen molar-refractivity contribution in [1.82, 2.24) is 5.32 Å². The summed E-state index contributed by atoms with van der Waals surface area (Å²) >= 11 is 5.86. The molecular weight excluding hydrogens is 371 g/mol. The summed E-state index contributed by atoms with van der Waals surface area (Å²) in [5.41, 5.74) is 5.86. The number of carbonyl (C=O) groups is 2. The third-order valence-electron chi connectivity index (χ3n) is 4.86. The Hall–Kier alpha value is -2.44. The van der Waals surface area contributed by atoms with Gasteiger partial charge in [-0.25, -0.2) is 9.18 Å². The van der Waals surface area contributed by atoms with Crippen LogP contribution in [0.2, 0.25) is 5.02 Å². The van der Waals surface area contributed by atoms with Crippen molar-refractivity contribution in [3.63, 3.8) is 0 Å². The van der Waals surface area contributed by atoms with Gasteiger partial charge in [0.15, 0.2) is 0 Å². The molecule has 1 fully saturated rings. The number of carboxylic acids is 1. The molecule has 1 saturated carbocycles. The molecule has 0 heterocycles. The zero-order valence-electron chi connectivity index (χ0n) is 14.5. The summed E-state index contributed by atoms with van der Waals surface area (Å²) in [6, 6.07) is 12.5. The van der Waals surface area contributed by atoms with Gasteiger partial charge >= 0.3 is 5.97 Å². The molecule has 0 aliphatic heterocycles. The number of rotatable bonds is 7. The molecule has 2 aromatic carbocycles. The molecule has 0 aromatic heterocycles. The van der Waals surface area contributed by atoms with Crippen LogP contribution in [0.25, 0.3) is 0 Å². The van der Waals surface area contributed by atoms with Gasteiger partial charge in [0.25, 0.3) is 0 Å². The molecular formula is C20H20ClFN2O3. The van der Waals surface area contributed by atoms with Crippen LogP contribution in [0.3, 0.4) is 0 Å². The molecule has 0 saturated heterocycles. The number of hydrogen-bond donors (Lipinski definition) is 3. The second kappa shape index (κ2) is 7.66. The highest BCUT2D eigenvalue weighted by Gasteiger charge is 2.62. The average molecular weight is 391 g/mol. The largest absolute Gasteiger partial charge is 0.479 e. The van der Waals surface area contributed by atoms with E-state index < -0.39 is 23.5 Å². The Balaban J connectivity index is 1.62. The number of benzene rings is 2. The third-order valence-corrected chi connectivity index (χ3v) is 5.12. The maximum absolute atomic E-state index is 13.7. The van der Waals surface area contributed by atoms with Crippen LogP contribution in [0.5, 0.6) is 0 Å². The van der Waals surface area contributed by atoms with Crippen molar-refractivity contribution in [2.24, 2.45) is 5.73 Å². The molecule has 2 aromatic rings. The molecule has 0 bridgehead atoms. The lowest BCUT2D eigenvalue weighted by Crippen LogP contribution is -2.46. The smallest absolute Gasteiger partial charge is 0.330 e. The number of amides is 1. The molecule has 5 nitrogen and oxygen atoms in total. The van der Waals surface area contributed by atoms with Crippen LogP contribution < -0.4 is 11.1 Å². The number of hydrogen-bond acceptors (Lipinski definition) is 3. The van der Waals surface area contributed by atoms with Crippen LogP contribution in [0.1, 0.15) is 29.9 Å². The summed E-state index contributed by atoms with van der Waals surface area (Å²) in [7, 11) is 0. The van der Waals surface area contributed by atoms with E-state index in [1.54, 1.807) is 42.5 Å². The highest BCUT2D eigenvalue weighted by Crippen LogP contribution is 2.51. The SMILES string of the molecule is N[C@@H](CC(=O)N[C@]1(C(=O)O)CC1c1ccc(Cl)cc1)Cc1ccccc1F. The number of halogens is 2.